The van der Waals surface area contributed by atoms with Gasteiger partial charge in [-0.05, 0) is 48.5 Å². The summed E-state index contributed by atoms with van der Waals surface area (Å²) in [5.41, 5.74) is 0.373. The summed E-state index contributed by atoms with van der Waals surface area (Å²) in [7, 11) is 2.72. The van der Waals surface area contributed by atoms with Gasteiger partial charge in [0.1, 0.15) is 11.3 Å². The number of rotatable bonds is 7. The van der Waals surface area contributed by atoms with Gasteiger partial charge in [-0.25, -0.2) is 9.69 Å². The first-order chi connectivity index (χ1) is 14.4. The maximum absolute atomic E-state index is 13.0. The van der Waals surface area contributed by atoms with E-state index in [0.29, 0.717) is 18.0 Å². The highest BCUT2D eigenvalue weighted by Gasteiger charge is 2.38. The van der Waals surface area contributed by atoms with Crippen LogP contribution in [0.2, 0.25) is 0 Å². The lowest BCUT2D eigenvalue weighted by atomic mass is 10.0. The van der Waals surface area contributed by atoms with E-state index in [4.69, 9.17) is 14.2 Å². The molecule has 156 valence electrons. The van der Waals surface area contributed by atoms with Crippen LogP contribution >= 0.6 is 11.8 Å². The van der Waals surface area contributed by atoms with Gasteiger partial charge in [-0.3, -0.25) is 9.59 Å². The van der Waals surface area contributed by atoms with Crippen molar-refractivity contribution >= 4 is 40.6 Å². The molecule has 1 saturated heterocycles. The van der Waals surface area contributed by atoms with Gasteiger partial charge in [-0.15, -0.1) is 0 Å². The Morgan fingerprint density at radius 2 is 1.83 bits per heavy atom. The second-order valence-electron chi connectivity index (χ2n) is 5.99. The van der Waals surface area contributed by atoms with E-state index in [9.17, 15) is 19.5 Å². The van der Waals surface area contributed by atoms with Crippen molar-refractivity contribution in [2.75, 3.05) is 25.7 Å². The summed E-state index contributed by atoms with van der Waals surface area (Å²) in [6, 6.07) is 9.75. The number of para-hydroxylation sites is 2. The number of carboxylic acids is 1. The number of hydrogen-bond donors (Lipinski definition) is 1. The van der Waals surface area contributed by atoms with Crippen LogP contribution in [0.15, 0.2) is 41.3 Å². The number of aromatic carboxylic acids is 1. The molecule has 0 atom stereocenters. The maximum Gasteiger partial charge on any atom is 0.340 e. The van der Waals surface area contributed by atoms with Crippen molar-refractivity contribution in [1.29, 1.82) is 0 Å². The van der Waals surface area contributed by atoms with E-state index in [1.54, 1.807) is 31.2 Å². The Kier molecular flexibility index (Phi) is 6.31. The normalized spacial score (nSPS) is 14.9. The predicted octanol–water partition coefficient (Wildman–Crippen LogP) is 4.04. The molecule has 0 aromatic heterocycles. The van der Waals surface area contributed by atoms with Crippen LogP contribution in [0, 0.1) is 0 Å². The number of ether oxygens (including phenoxy) is 3. The van der Waals surface area contributed by atoms with Crippen LogP contribution < -0.4 is 19.1 Å². The molecule has 1 aliphatic rings. The first kappa shape index (κ1) is 21.3. The highest BCUT2D eigenvalue weighted by Crippen LogP contribution is 2.41. The number of carbonyl (C=O) groups excluding carboxylic acids is 2. The molecule has 0 aliphatic carbocycles. The lowest BCUT2D eigenvalue weighted by molar-refractivity contribution is -0.113. The molecular weight excluding hydrogens is 410 g/mol. The molecule has 1 aliphatic heterocycles. The van der Waals surface area contributed by atoms with E-state index in [2.05, 4.69) is 0 Å². The fraction of sp³-hybridized carbons (Fsp3) is 0.190. The highest BCUT2D eigenvalue weighted by molar-refractivity contribution is 8.19. The summed E-state index contributed by atoms with van der Waals surface area (Å²) in [5.74, 6) is -1.15. The monoisotopic (exact) mass is 429 g/mol. The number of anilines is 1. The van der Waals surface area contributed by atoms with Gasteiger partial charge >= 0.3 is 5.97 Å². The number of carbonyl (C=O) groups is 3. The maximum atomic E-state index is 13.0. The Balaban J connectivity index is 2.06. The van der Waals surface area contributed by atoms with E-state index in [0.717, 1.165) is 16.7 Å². The summed E-state index contributed by atoms with van der Waals surface area (Å²) in [4.78, 5) is 38.5. The Morgan fingerprint density at radius 1 is 1.10 bits per heavy atom. The standard InChI is InChI=1S/C21H19NO7S/c1-4-29-14-8-6-5-7-13(14)22-19(23)16(30-21(22)26)11-12-9-10-15(27-2)18(28-3)17(12)20(24)25/h5-11H,4H2,1-3H3,(H,24,25)/b16-11+. The number of methoxy groups -OCH3 is 2. The summed E-state index contributed by atoms with van der Waals surface area (Å²) in [6.45, 7) is 2.17. The Bertz CT molecular complexity index is 1050. The zero-order valence-electron chi connectivity index (χ0n) is 16.5. The third-order valence-corrected chi connectivity index (χ3v) is 5.15. The largest absolute Gasteiger partial charge is 0.493 e. The van der Waals surface area contributed by atoms with Gasteiger partial charge in [0.15, 0.2) is 11.5 Å². The van der Waals surface area contributed by atoms with E-state index in [1.807, 2.05) is 0 Å². The third-order valence-electron chi connectivity index (χ3n) is 4.28. The molecular formula is C21H19NO7S. The van der Waals surface area contributed by atoms with Crippen molar-refractivity contribution in [3.05, 3.63) is 52.4 Å². The number of benzene rings is 2. The highest BCUT2D eigenvalue weighted by atomic mass is 32.2. The second-order valence-corrected chi connectivity index (χ2v) is 6.98. The molecule has 0 spiro atoms. The van der Waals surface area contributed by atoms with Crippen LogP contribution in [-0.4, -0.2) is 43.0 Å². The Morgan fingerprint density at radius 3 is 2.47 bits per heavy atom. The number of carboxylic acid groups (broad SMARTS) is 1. The molecule has 2 amide bonds. The number of nitrogens with zero attached hydrogens (tertiary/aromatic N) is 1. The first-order valence-corrected chi connectivity index (χ1v) is 9.72. The smallest absolute Gasteiger partial charge is 0.340 e. The zero-order chi connectivity index (χ0) is 21.8. The summed E-state index contributed by atoms with van der Waals surface area (Å²) in [5, 5.41) is 9.16. The third kappa shape index (κ3) is 3.84. The zero-order valence-corrected chi connectivity index (χ0v) is 17.3. The van der Waals surface area contributed by atoms with Crippen molar-refractivity contribution in [3.8, 4) is 17.2 Å². The van der Waals surface area contributed by atoms with Crippen LogP contribution in [0.4, 0.5) is 10.5 Å². The van der Waals surface area contributed by atoms with Gasteiger partial charge in [-0.1, -0.05) is 18.2 Å². The lowest BCUT2D eigenvalue weighted by Crippen LogP contribution is -2.28. The molecule has 30 heavy (non-hydrogen) atoms. The van der Waals surface area contributed by atoms with Crippen molar-refractivity contribution in [3.63, 3.8) is 0 Å². The Labute approximate surface area is 177 Å². The minimum absolute atomic E-state index is 0.0275. The molecule has 0 unspecified atom stereocenters. The van der Waals surface area contributed by atoms with Crippen molar-refractivity contribution in [2.45, 2.75) is 6.92 Å². The number of amides is 2. The molecule has 0 radical (unpaired) electrons. The van der Waals surface area contributed by atoms with Crippen LogP contribution in [0.5, 0.6) is 17.2 Å². The SMILES string of the molecule is CCOc1ccccc1N1C(=O)S/C(=C/c2ccc(OC)c(OC)c2C(=O)O)C1=O. The minimum Gasteiger partial charge on any atom is -0.493 e. The molecule has 0 bridgehead atoms. The van der Waals surface area contributed by atoms with Gasteiger partial charge in [0.2, 0.25) is 0 Å². The molecule has 1 fully saturated rings. The van der Waals surface area contributed by atoms with E-state index < -0.39 is 17.1 Å². The summed E-state index contributed by atoms with van der Waals surface area (Å²) >= 11 is 0.720. The van der Waals surface area contributed by atoms with Crippen LogP contribution in [0.1, 0.15) is 22.8 Å². The quantitative estimate of drug-likeness (QED) is 0.658. The molecule has 1 N–H and O–H groups in total. The minimum atomic E-state index is -1.25. The molecule has 2 aromatic rings. The van der Waals surface area contributed by atoms with E-state index >= 15 is 0 Å². The number of thioether (sulfide) groups is 1. The lowest BCUT2D eigenvalue weighted by Gasteiger charge is -2.16. The summed E-state index contributed by atoms with van der Waals surface area (Å²) in [6.07, 6.45) is 1.36. The van der Waals surface area contributed by atoms with E-state index in [-0.39, 0.29) is 27.5 Å². The first-order valence-electron chi connectivity index (χ1n) is 8.91. The fourth-order valence-corrected chi connectivity index (χ4v) is 3.84. The molecule has 0 saturated carbocycles. The molecule has 1 heterocycles. The average Bonchev–Trinajstić information content (AvgIpc) is 3.01. The van der Waals surface area contributed by atoms with Gasteiger partial charge in [0.05, 0.1) is 31.4 Å². The summed E-state index contributed by atoms with van der Waals surface area (Å²) < 4.78 is 15.9. The average molecular weight is 429 g/mol. The van der Waals surface area contributed by atoms with Crippen LogP contribution in [0.3, 0.4) is 0 Å². The fourth-order valence-electron chi connectivity index (χ4n) is 3.02. The molecule has 3 rings (SSSR count). The van der Waals surface area contributed by atoms with E-state index in [1.165, 1.54) is 32.4 Å². The van der Waals surface area contributed by atoms with Crippen LogP contribution in [-0.2, 0) is 4.79 Å². The molecule has 8 nitrogen and oxygen atoms in total. The topological polar surface area (TPSA) is 102 Å². The van der Waals surface area contributed by atoms with Gasteiger partial charge in [-0.2, -0.15) is 0 Å². The van der Waals surface area contributed by atoms with Crippen molar-refractivity contribution in [2.24, 2.45) is 0 Å². The van der Waals surface area contributed by atoms with Gasteiger partial charge in [0, 0.05) is 0 Å². The number of imide groups is 1. The van der Waals surface area contributed by atoms with Crippen molar-refractivity contribution in [1.82, 2.24) is 0 Å². The molecule has 2 aromatic carbocycles. The second kappa shape index (κ2) is 8.91. The van der Waals surface area contributed by atoms with Gasteiger partial charge in [0.25, 0.3) is 11.1 Å². The van der Waals surface area contributed by atoms with Gasteiger partial charge < -0.3 is 19.3 Å². The predicted molar refractivity (Wildman–Crippen MR) is 113 cm³/mol. The number of hydrogen-bond acceptors (Lipinski definition) is 7. The Hall–Kier alpha value is -3.46. The molecule has 9 heteroatoms. The van der Waals surface area contributed by atoms with Crippen molar-refractivity contribution < 1.29 is 33.7 Å². The van der Waals surface area contributed by atoms with Crippen LogP contribution in [0.25, 0.3) is 6.08 Å².